The van der Waals surface area contributed by atoms with Gasteiger partial charge in [0.15, 0.2) is 0 Å². The van der Waals surface area contributed by atoms with Gasteiger partial charge < -0.3 is 29.9 Å². The van der Waals surface area contributed by atoms with Crippen LogP contribution in [0.2, 0.25) is 0 Å². The van der Waals surface area contributed by atoms with Gasteiger partial charge in [0.1, 0.15) is 0 Å². The number of rotatable bonds is 4. The monoisotopic (exact) mass is 755 g/mol. The van der Waals surface area contributed by atoms with Crippen molar-refractivity contribution in [3.63, 3.8) is 0 Å². The smallest absolute Gasteiger partial charge is 0.357 e. The molecule has 53 heavy (non-hydrogen) atoms. The van der Waals surface area contributed by atoms with E-state index in [0.717, 1.165) is 0 Å². The van der Waals surface area contributed by atoms with Crippen LogP contribution < -0.4 is 9.97 Å². The van der Waals surface area contributed by atoms with Gasteiger partial charge in [-0.1, -0.05) is 0 Å². The molecule has 3 aromatic heterocycles. The van der Waals surface area contributed by atoms with Crippen molar-refractivity contribution in [1.82, 2.24) is 39.9 Å². The van der Waals surface area contributed by atoms with E-state index in [1.165, 1.54) is 72.8 Å². The predicted octanol–water partition coefficient (Wildman–Crippen LogP) is 5.76. The molecule has 9 rings (SSSR count). The van der Waals surface area contributed by atoms with E-state index in [0.29, 0.717) is 21.9 Å². The molecule has 20 nitrogen and oxygen atoms in total. The van der Waals surface area contributed by atoms with Crippen molar-refractivity contribution in [3.8, 4) is 45.6 Å². The summed E-state index contributed by atoms with van der Waals surface area (Å²) in [6.07, 6.45) is 0. The number of fused-ring (bicyclic) bond motifs is 20. The first-order valence-electron chi connectivity index (χ1n) is 14.9. The van der Waals surface area contributed by atoms with Gasteiger partial charge in [0, 0.05) is 104 Å². The summed E-state index contributed by atoms with van der Waals surface area (Å²) in [5.41, 5.74) is -0.0187. The molecule has 0 saturated carbocycles. The van der Waals surface area contributed by atoms with E-state index in [9.17, 15) is 40.5 Å². The summed E-state index contributed by atoms with van der Waals surface area (Å²) in [7, 11) is 0. The summed E-state index contributed by atoms with van der Waals surface area (Å²) in [5, 5.41) is 48.1. The maximum atomic E-state index is 11.8. The summed E-state index contributed by atoms with van der Waals surface area (Å²) in [6, 6.07) is 15.8. The maximum absolute atomic E-state index is 11.8. The van der Waals surface area contributed by atoms with Gasteiger partial charge in [0.2, 0.25) is 0 Å². The Bertz CT molecular complexity index is 2820. The van der Waals surface area contributed by atoms with E-state index in [1.807, 2.05) is 0 Å². The molecule has 0 amide bonds. The second-order valence-corrected chi connectivity index (χ2v) is 11.4. The van der Waals surface area contributed by atoms with Gasteiger partial charge in [0.05, 0.1) is 43.0 Å². The van der Waals surface area contributed by atoms with Crippen LogP contribution in [0.3, 0.4) is 0 Å². The Morgan fingerprint density at radius 1 is 0.377 bits per heavy atom. The topological polar surface area (TPSA) is 278 Å². The molecule has 4 aromatic carbocycles. The maximum Gasteiger partial charge on any atom is 2.00 e. The number of nitrogens with zero attached hydrogens (tertiary/aromatic N) is 12. The average Bonchev–Trinajstić information content (AvgIpc) is 3.85. The van der Waals surface area contributed by atoms with E-state index >= 15 is 0 Å². The second kappa shape index (κ2) is 11.7. The van der Waals surface area contributed by atoms with E-state index in [2.05, 4.69) is 39.9 Å². The van der Waals surface area contributed by atoms with Crippen molar-refractivity contribution in [2.75, 3.05) is 0 Å². The third-order valence-corrected chi connectivity index (χ3v) is 8.48. The van der Waals surface area contributed by atoms with Crippen molar-refractivity contribution in [3.05, 3.63) is 113 Å². The minimum absolute atomic E-state index is 0. The van der Waals surface area contributed by atoms with Gasteiger partial charge in [-0.2, -0.15) is 0 Å². The minimum atomic E-state index is -0.589. The van der Waals surface area contributed by atoms with Gasteiger partial charge in [-0.15, -0.1) is 0 Å². The van der Waals surface area contributed by atoms with E-state index in [1.54, 1.807) is 0 Å². The van der Waals surface area contributed by atoms with Gasteiger partial charge in [-0.05, 0) is 35.0 Å². The van der Waals surface area contributed by atoms with Crippen LogP contribution in [0.4, 0.5) is 22.7 Å². The summed E-state index contributed by atoms with van der Waals surface area (Å²) in [6.45, 7) is 0. The SMILES string of the molecule is O=[N+]([O-])c1ccc2c(c1)-c1nc-2nc2[n-]c(nc3nc(nc4[n-]c(n1)c1ccc([N+](=O)[O-])cc41)-c1ccc([N+](=O)[O-])cc1-3)c1ccc([N+](=O)[O-])cc21.[Cu+2]. The van der Waals surface area contributed by atoms with Gasteiger partial charge in [-0.25, -0.2) is 9.97 Å². The van der Waals surface area contributed by atoms with Crippen molar-refractivity contribution in [1.29, 1.82) is 0 Å². The van der Waals surface area contributed by atoms with Crippen LogP contribution in [0.5, 0.6) is 0 Å². The number of benzene rings is 4. The average molecular weight is 756 g/mol. The van der Waals surface area contributed by atoms with E-state index < -0.39 is 19.7 Å². The minimum Gasteiger partial charge on any atom is -0.357 e. The molecular weight excluding hydrogens is 744 g/mol. The number of hydrogen-bond acceptors (Lipinski definition) is 14. The summed E-state index contributed by atoms with van der Waals surface area (Å²) >= 11 is 0. The fourth-order valence-electron chi connectivity index (χ4n) is 6.07. The standard InChI is InChI=1S/C32H12N12O8.Cu/c45-41(46)13-1-5-17-21(9-13)29-33-25(17)37-30-22-10-14(42(47)48)2-6-18(22)27(34-30)39-32-24-12-16(44(51)52)4-8-20(24)28(36-32)40-31-23-11-15(43(49)50)3-7-19(23)26(35-31)38-29;/h1-12H;/q-2;+2. The van der Waals surface area contributed by atoms with Crippen molar-refractivity contribution < 1.29 is 36.8 Å². The molecule has 0 atom stereocenters. The van der Waals surface area contributed by atoms with Gasteiger partial charge in [0.25, 0.3) is 22.7 Å². The Morgan fingerprint density at radius 2 is 0.679 bits per heavy atom. The molecule has 5 heterocycles. The Hall–Kier alpha value is -7.64. The van der Waals surface area contributed by atoms with E-state index in [-0.39, 0.29) is 108 Å². The van der Waals surface area contributed by atoms with Gasteiger partial charge >= 0.3 is 17.1 Å². The van der Waals surface area contributed by atoms with Crippen LogP contribution in [-0.2, 0) is 17.1 Å². The molecule has 0 aliphatic carbocycles. The van der Waals surface area contributed by atoms with Crippen molar-refractivity contribution in [2.24, 2.45) is 0 Å². The Morgan fingerprint density at radius 3 is 1.04 bits per heavy atom. The second-order valence-electron chi connectivity index (χ2n) is 11.4. The summed E-state index contributed by atoms with van der Waals surface area (Å²) in [5.74, 6) is -0.0435. The largest absolute Gasteiger partial charge is 2.00 e. The van der Waals surface area contributed by atoms with Crippen molar-refractivity contribution >= 4 is 66.9 Å². The van der Waals surface area contributed by atoms with Crippen molar-refractivity contribution in [2.45, 2.75) is 0 Å². The normalized spacial score (nSPS) is 11.5. The summed E-state index contributed by atoms with van der Waals surface area (Å²) < 4.78 is 0. The molecule has 2 aliphatic heterocycles. The number of non-ortho nitro benzene ring substituents is 4. The summed E-state index contributed by atoms with van der Waals surface area (Å²) in [4.78, 5) is 81.5. The predicted molar refractivity (Wildman–Crippen MR) is 181 cm³/mol. The Kier molecular flexibility index (Phi) is 7.20. The molecule has 2 aliphatic rings. The number of nitro benzene ring substituents is 4. The fraction of sp³-hybridized carbons (Fsp3) is 0. The molecular formula is C32H12CuN12O8. The zero-order valence-corrected chi connectivity index (χ0v) is 26.8. The molecule has 8 bridgehead atoms. The Balaban J connectivity index is 0.00000400. The van der Waals surface area contributed by atoms with Crippen LogP contribution in [0.25, 0.3) is 89.7 Å². The number of hydrogen-bond donors (Lipinski definition) is 0. The zero-order valence-electron chi connectivity index (χ0n) is 25.9. The zero-order chi connectivity index (χ0) is 36.0. The quantitative estimate of drug-likeness (QED) is 0.117. The molecule has 0 fully saturated rings. The molecule has 0 N–H and O–H groups in total. The molecule has 1 radical (unpaired) electrons. The van der Waals surface area contributed by atoms with E-state index in [4.69, 9.17) is 0 Å². The van der Waals surface area contributed by atoms with Crippen LogP contribution in [0, 0.1) is 40.5 Å². The Labute approximate surface area is 301 Å². The third kappa shape index (κ3) is 5.15. The molecule has 0 spiro atoms. The first-order chi connectivity index (χ1) is 25.0. The van der Waals surface area contributed by atoms with Crippen LogP contribution in [-0.4, -0.2) is 49.6 Å². The third-order valence-electron chi connectivity index (χ3n) is 8.48. The van der Waals surface area contributed by atoms with Crippen LogP contribution >= 0.6 is 0 Å². The number of aromatic nitrogens is 8. The molecule has 0 saturated heterocycles. The molecule has 0 unspecified atom stereocenters. The molecule has 21 heteroatoms. The first-order valence-corrected chi connectivity index (χ1v) is 14.9. The van der Waals surface area contributed by atoms with Gasteiger partial charge in [-0.3, -0.25) is 40.5 Å². The fourth-order valence-corrected chi connectivity index (χ4v) is 6.07. The first kappa shape index (κ1) is 32.6. The molecule has 7 aromatic rings. The van der Waals surface area contributed by atoms with Crippen LogP contribution in [0.1, 0.15) is 0 Å². The molecule has 259 valence electrons. The number of nitro groups is 4. The van der Waals surface area contributed by atoms with Crippen LogP contribution in [0.15, 0.2) is 72.8 Å².